The van der Waals surface area contributed by atoms with E-state index in [1.54, 1.807) is 0 Å². The van der Waals surface area contributed by atoms with Gasteiger partial charge in [0, 0.05) is 13.1 Å². The third-order valence-electron chi connectivity index (χ3n) is 3.15. The van der Waals surface area contributed by atoms with E-state index in [1.807, 2.05) is 0 Å². The van der Waals surface area contributed by atoms with Crippen LogP contribution in [0.3, 0.4) is 0 Å². The Labute approximate surface area is 81.9 Å². The van der Waals surface area contributed by atoms with Crippen molar-refractivity contribution in [2.24, 2.45) is 5.92 Å². The summed E-state index contributed by atoms with van der Waals surface area (Å²) in [5.41, 5.74) is -0.455. The van der Waals surface area contributed by atoms with Crippen molar-refractivity contribution in [3.8, 4) is 0 Å². The summed E-state index contributed by atoms with van der Waals surface area (Å²) in [5, 5.41) is 10.1. The molecule has 0 spiro atoms. The molecular weight excluding hydrogens is 162 g/mol. The van der Waals surface area contributed by atoms with Crippen molar-refractivity contribution in [3.63, 3.8) is 0 Å². The molecular formula is C11H23NO. The zero-order chi connectivity index (χ0) is 9.90. The van der Waals surface area contributed by atoms with Crippen molar-refractivity contribution >= 4 is 0 Å². The molecule has 78 valence electrons. The topological polar surface area (TPSA) is 23.5 Å². The number of rotatable bonds is 6. The summed E-state index contributed by atoms with van der Waals surface area (Å²) in [4.78, 5) is 2.28. The van der Waals surface area contributed by atoms with Crippen molar-refractivity contribution in [1.29, 1.82) is 0 Å². The van der Waals surface area contributed by atoms with E-state index in [0.717, 1.165) is 25.3 Å². The quantitative estimate of drug-likeness (QED) is 0.683. The van der Waals surface area contributed by atoms with Crippen LogP contribution in [-0.4, -0.2) is 35.7 Å². The monoisotopic (exact) mass is 185 g/mol. The Morgan fingerprint density at radius 1 is 1.31 bits per heavy atom. The maximum Gasteiger partial charge on any atom is 0.0768 e. The van der Waals surface area contributed by atoms with Gasteiger partial charge < -0.3 is 10.0 Å². The van der Waals surface area contributed by atoms with Crippen LogP contribution in [0, 0.1) is 5.92 Å². The molecule has 0 amide bonds. The molecule has 1 aliphatic rings. The first kappa shape index (κ1) is 11.0. The van der Waals surface area contributed by atoms with Crippen LogP contribution < -0.4 is 0 Å². The molecule has 13 heavy (non-hydrogen) atoms. The van der Waals surface area contributed by atoms with Gasteiger partial charge in [-0.1, -0.05) is 13.8 Å². The van der Waals surface area contributed by atoms with Gasteiger partial charge in [0.05, 0.1) is 5.60 Å². The highest BCUT2D eigenvalue weighted by Crippen LogP contribution is 2.30. The fourth-order valence-corrected chi connectivity index (χ4v) is 1.78. The Morgan fingerprint density at radius 3 is 2.23 bits per heavy atom. The van der Waals surface area contributed by atoms with Crippen LogP contribution in [0.2, 0.25) is 0 Å². The van der Waals surface area contributed by atoms with E-state index in [0.29, 0.717) is 0 Å². The summed E-state index contributed by atoms with van der Waals surface area (Å²) in [7, 11) is 2.12. The molecule has 2 nitrogen and oxygen atoms in total. The maximum atomic E-state index is 10.1. The minimum Gasteiger partial charge on any atom is -0.389 e. The van der Waals surface area contributed by atoms with E-state index in [9.17, 15) is 5.11 Å². The second-order valence-corrected chi connectivity index (χ2v) is 4.57. The van der Waals surface area contributed by atoms with Gasteiger partial charge in [0.15, 0.2) is 0 Å². The van der Waals surface area contributed by atoms with E-state index in [1.165, 1.54) is 19.4 Å². The Hall–Kier alpha value is -0.0800. The van der Waals surface area contributed by atoms with E-state index >= 15 is 0 Å². The first-order valence-electron chi connectivity index (χ1n) is 5.50. The van der Waals surface area contributed by atoms with E-state index in [2.05, 4.69) is 25.8 Å². The molecule has 0 aromatic rings. The van der Waals surface area contributed by atoms with Gasteiger partial charge in [0.2, 0.25) is 0 Å². The third kappa shape index (κ3) is 3.65. The van der Waals surface area contributed by atoms with Gasteiger partial charge >= 0.3 is 0 Å². The van der Waals surface area contributed by atoms with Gasteiger partial charge in [-0.2, -0.15) is 0 Å². The molecule has 1 saturated carbocycles. The van der Waals surface area contributed by atoms with Gasteiger partial charge in [0.25, 0.3) is 0 Å². The average Bonchev–Trinajstić information content (AvgIpc) is 2.88. The molecule has 0 unspecified atom stereocenters. The van der Waals surface area contributed by atoms with Crippen molar-refractivity contribution in [3.05, 3.63) is 0 Å². The van der Waals surface area contributed by atoms with Crippen LogP contribution in [0.1, 0.15) is 39.5 Å². The van der Waals surface area contributed by atoms with E-state index in [-0.39, 0.29) is 0 Å². The number of aliphatic hydroxyl groups is 1. The van der Waals surface area contributed by atoms with Gasteiger partial charge in [-0.25, -0.2) is 0 Å². The van der Waals surface area contributed by atoms with Crippen LogP contribution in [0.25, 0.3) is 0 Å². The number of hydrogen-bond donors (Lipinski definition) is 1. The van der Waals surface area contributed by atoms with Crippen LogP contribution in [-0.2, 0) is 0 Å². The Kier molecular flexibility index (Phi) is 3.74. The minimum absolute atomic E-state index is 0.455. The second kappa shape index (κ2) is 4.43. The lowest BCUT2D eigenvalue weighted by Crippen LogP contribution is -2.41. The van der Waals surface area contributed by atoms with Gasteiger partial charge in [-0.3, -0.25) is 0 Å². The molecule has 1 rings (SSSR count). The van der Waals surface area contributed by atoms with Gasteiger partial charge in [-0.05, 0) is 38.6 Å². The summed E-state index contributed by atoms with van der Waals surface area (Å²) >= 11 is 0. The summed E-state index contributed by atoms with van der Waals surface area (Å²) in [6.45, 7) is 6.13. The Morgan fingerprint density at radius 2 is 1.85 bits per heavy atom. The van der Waals surface area contributed by atoms with Crippen molar-refractivity contribution < 1.29 is 5.11 Å². The summed E-state index contributed by atoms with van der Waals surface area (Å²) in [6, 6.07) is 0. The van der Waals surface area contributed by atoms with Crippen molar-refractivity contribution in [2.75, 3.05) is 20.1 Å². The van der Waals surface area contributed by atoms with Gasteiger partial charge in [-0.15, -0.1) is 0 Å². The molecule has 0 atom stereocenters. The second-order valence-electron chi connectivity index (χ2n) is 4.57. The summed E-state index contributed by atoms with van der Waals surface area (Å²) in [5.74, 6) is 0.919. The van der Waals surface area contributed by atoms with E-state index in [4.69, 9.17) is 0 Å². The fraction of sp³-hybridized carbons (Fsp3) is 1.00. The first-order valence-corrected chi connectivity index (χ1v) is 5.50. The summed E-state index contributed by atoms with van der Waals surface area (Å²) in [6.07, 6.45) is 4.50. The molecule has 0 saturated heterocycles. The van der Waals surface area contributed by atoms with Crippen LogP contribution in [0.5, 0.6) is 0 Å². The SMILES string of the molecule is CCC(O)(CC)CN(C)CC1CC1. The molecule has 1 N–H and O–H groups in total. The standard InChI is InChI=1S/C11H23NO/c1-4-11(13,5-2)9-12(3)8-10-6-7-10/h10,13H,4-9H2,1-3H3. The van der Waals surface area contributed by atoms with Gasteiger partial charge in [0.1, 0.15) is 0 Å². The highest BCUT2D eigenvalue weighted by Gasteiger charge is 2.28. The zero-order valence-corrected chi connectivity index (χ0v) is 9.21. The normalized spacial score (nSPS) is 18.2. The highest BCUT2D eigenvalue weighted by atomic mass is 16.3. The average molecular weight is 185 g/mol. The number of likely N-dealkylation sites (N-methyl/N-ethyl adjacent to an activating group) is 1. The van der Waals surface area contributed by atoms with Crippen LogP contribution in [0.4, 0.5) is 0 Å². The minimum atomic E-state index is -0.455. The molecule has 0 heterocycles. The maximum absolute atomic E-state index is 10.1. The highest BCUT2D eigenvalue weighted by molar-refractivity contribution is 4.82. The predicted molar refractivity (Wildman–Crippen MR) is 55.8 cm³/mol. The molecule has 1 fully saturated rings. The lowest BCUT2D eigenvalue weighted by molar-refractivity contribution is 0.00220. The molecule has 0 aromatic carbocycles. The lowest BCUT2D eigenvalue weighted by Gasteiger charge is -2.30. The molecule has 0 radical (unpaired) electrons. The third-order valence-corrected chi connectivity index (χ3v) is 3.15. The zero-order valence-electron chi connectivity index (χ0n) is 9.21. The van der Waals surface area contributed by atoms with Crippen molar-refractivity contribution in [2.45, 2.75) is 45.1 Å². The summed E-state index contributed by atoms with van der Waals surface area (Å²) < 4.78 is 0. The Balaban J connectivity index is 2.26. The van der Waals surface area contributed by atoms with Crippen LogP contribution >= 0.6 is 0 Å². The largest absolute Gasteiger partial charge is 0.389 e. The Bertz CT molecular complexity index is 150. The number of hydrogen-bond acceptors (Lipinski definition) is 2. The first-order chi connectivity index (χ1) is 6.09. The van der Waals surface area contributed by atoms with E-state index < -0.39 is 5.60 Å². The molecule has 2 heteroatoms. The van der Waals surface area contributed by atoms with Crippen molar-refractivity contribution in [1.82, 2.24) is 4.90 Å². The number of nitrogens with zero attached hydrogens (tertiary/aromatic N) is 1. The molecule has 0 bridgehead atoms. The molecule has 0 aliphatic heterocycles. The lowest BCUT2D eigenvalue weighted by atomic mass is 9.97. The van der Waals surface area contributed by atoms with Crippen LogP contribution in [0.15, 0.2) is 0 Å². The fourth-order valence-electron chi connectivity index (χ4n) is 1.78. The predicted octanol–water partition coefficient (Wildman–Crippen LogP) is 1.88. The molecule has 0 aromatic heterocycles. The smallest absolute Gasteiger partial charge is 0.0768 e. The molecule has 1 aliphatic carbocycles.